The van der Waals surface area contributed by atoms with Gasteiger partial charge in [0.05, 0.1) is 12.7 Å². The molecule has 0 aromatic rings. The van der Waals surface area contributed by atoms with Gasteiger partial charge in [-0.15, -0.1) is 6.58 Å². The van der Waals surface area contributed by atoms with Crippen LogP contribution in [0.4, 0.5) is 4.79 Å². The Morgan fingerprint density at radius 1 is 1.21 bits per heavy atom. The molecule has 1 heterocycles. The molecule has 0 unspecified atom stereocenters. The Labute approximate surface area is 201 Å². The van der Waals surface area contributed by atoms with E-state index in [2.05, 4.69) is 17.2 Å². The van der Waals surface area contributed by atoms with Gasteiger partial charge in [-0.3, -0.25) is 9.59 Å². The molecule has 10 nitrogen and oxygen atoms in total. The Morgan fingerprint density at radius 2 is 1.82 bits per heavy atom. The number of alkyl carbamates (subject to hydrolysis) is 1. The van der Waals surface area contributed by atoms with Crippen molar-refractivity contribution in [2.45, 2.75) is 90.6 Å². The van der Waals surface area contributed by atoms with Gasteiger partial charge < -0.3 is 30.1 Å². The molecule has 2 fully saturated rings. The zero-order valence-corrected chi connectivity index (χ0v) is 21.3. The van der Waals surface area contributed by atoms with E-state index in [-0.39, 0.29) is 25.5 Å². The number of amides is 3. The summed E-state index contributed by atoms with van der Waals surface area (Å²) in [4.78, 5) is 53.0. The highest BCUT2D eigenvalue weighted by Crippen LogP contribution is 2.45. The molecule has 1 aliphatic heterocycles. The Balaban J connectivity index is 2.24. The van der Waals surface area contributed by atoms with Crippen molar-refractivity contribution in [3.05, 3.63) is 12.7 Å². The third kappa shape index (κ3) is 6.28. The van der Waals surface area contributed by atoms with E-state index >= 15 is 0 Å². The number of carbonyl (C=O) groups is 4. The molecule has 2 aliphatic rings. The van der Waals surface area contributed by atoms with Crippen molar-refractivity contribution in [1.29, 1.82) is 0 Å². The van der Waals surface area contributed by atoms with Crippen LogP contribution in [0.3, 0.4) is 0 Å². The van der Waals surface area contributed by atoms with Crippen LogP contribution in [0.2, 0.25) is 0 Å². The van der Waals surface area contributed by atoms with Crippen LogP contribution in [0.15, 0.2) is 12.7 Å². The first-order chi connectivity index (χ1) is 15.6. The largest absolute Gasteiger partial charge is 0.464 e. The summed E-state index contributed by atoms with van der Waals surface area (Å²) in [5.41, 5.74) is -2.68. The van der Waals surface area contributed by atoms with Crippen LogP contribution in [-0.4, -0.2) is 76.4 Å². The summed E-state index contributed by atoms with van der Waals surface area (Å²) in [6.07, 6.45) is 0.280. The van der Waals surface area contributed by atoms with E-state index in [1.165, 1.54) is 4.90 Å². The Kier molecular flexibility index (Phi) is 8.07. The molecule has 3 amide bonds. The molecule has 0 aromatic carbocycles. The van der Waals surface area contributed by atoms with Crippen LogP contribution < -0.4 is 10.6 Å². The quantitative estimate of drug-likeness (QED) is 0.371. The Bertz CT molecular complexity index is 829. The van der Waals surface area contributed by atoms with Gasteiger partial charge >= 0.3 is 12.1 Å². The first-order valence-corrected chi connectivity index (χ1v) is 11.7. The van der Waals surface area contributed by atoms with Crippen LogP contribution >= 0.6 is 0 Å². The molecule has 0 aromatic heterocycles. The maximum Gasteiger partial charge on any atom is 0.408 e. The van der Waals surface area contributed by atoms with E-state index in [4.69, 9.17) is 9.47 Å². The number of hydrogen-bond donors (Lipinski definition) is 3. The molecule has 0 spiro atoms. The molecule has 1 saturated heterocycles. The fraction of sp³-hybridized carbons (Fsp3) is 0.750. The van der Waals surface area contributed by atoms with Gasteiger partial charge in [0.25, 0.3) is 0 Å². The summed E-state index contributed by atoms with van der Waals surface area (Å²) < 4.78 is 10.4. The Morgan fingerprint density at radius 3 is 2.29 bits per heavy atom. The molecule has 3 N–H and O–H groups in total. The summed E-state index contributed by atoms with van der Waals surface area (Å²) in [6.45, 7) is 16.0. The third-order valence-electron chi connectivity index (χ3n) is 5.92. The van der Waals surface area contributed by atoms with Gasteiger partial charge in [0.1, 0.15) is 23.2 Å². The second-order valence-corrected chi connectivity index (χ2v) is 11.1. The monoisotopic (exact) mass is 481 g/mol. The van der Waals surface area contributed by atoms with Gasteiger partial charge in [-0.1, -0.05) is 26.8 Å². The fourth-order valence-electron chi connectivity index (χ4n) is 4.11. The minimum atomic E-state index is -1.21. The number of nitrogens with one attached hydrogen (secondary N) is 2. The zero-order chi connectivity index (χ0) is 26.1. The predicted octanol–water partition coefficient (Wildman–Crippen LogP) is 1.51. The summed E-state index contributed by atoms with van der Waals surface area (Å²) in [7, 11) is 0. The number of aliphatic hydroxyl groups excluding tert-OH is 1. The first kappa shape index (κ1) is 27.6. The standard InChI is InChI=1S/C24H39N3O7/c1-9-14-12-24(14,20(31)33-10-2)26-18(29)16-11-15(28)13-27(16)19(30)17(22(3,4)5)25-21(32)34-23(6,7)8/h9,14-17,28H,1,10-13H2,2-8H3,(H,25,32)(H,26,29)/t14-,15+,16+,17-,24-/m1/s1. The van der Waals surface area contributed by atoms with Gasteiger partial charge in [0, 0.05) is 18.9 Å². The molecule has 5 atom stereocenters. The minimum Gasteiger partial charge on any atom is -0.464 e. The van der Waals surface area contributed by atoms with E-state index < -0.39 is 58.6 Å². The van der Waals surface area contributed by atoms with Crippen molar-refractivity contribution in [3.8, 4) is 0 Å². The maximum atomic E-state index is 13.5. The number of nitrogens with zero attached hydrogens (tertiary/aromatic N) is 1. The maximum absolute atomic E-state index is 13.5. The van der Waals surface area contributed by atoms with Gasteiger partial charge in [-0.05, 0) is 39.5 Å². The summed E-state index contributed by atoms with van der Waals surface area (Å²) in [5, 5.41) is 15.7. The second kappa shape index (κ2) is 9.93. The van der Waals surface area contributed by atoms with E-state index in [1.54, 1.807) is 54.5 Å². The average Bonchev–Trinajstić information content (AvgIpc) is 3.26. The lowest BCUT2D eigenvalue weighted by atomic mass is 9.85. The molecule has 1 saturated carbocycles. The highest BCUT2D eigenvalue weighted by molar-refractivity contribution is 5.96. The summed E-state index contributed by atoms with van der Waals surface area (Å²) >= 11 is 0. The molecule has 2 rings (SSSR count). The zero-order valence-electron chi connectivity index (χ0n) is 21.3. The van der Waals surface area contributed by atoms with Crippen molar-refractivity contribution in [2.75, 3.05) is 13.2 Å². The van der Waals surface area contributed by atoms with Crippen LogP contribution in [0.1, 0.15) is 61.3 Å². The van der Waals surface area contributed by atoms with Gasteiger partial charge in [-0.25, -0.2) is 9.59 Å². The van der Waals surface area contributed by atoms with E-state index in [0.717, 1.165) is 0 Å². The number of rotatable bonds is 7. The molecule has 34 heavy (non-hydrogen) atoms. The third-order valence-corrected chi connectivity index (χ3v) is 5.92. The topological polar surface area (TPSA) is 134 Å². The molecule has 0 radical (unpaired) electrons. The lowest BCUT2D eigenvalue weighted by Gasteiger charge is -2.36. The molecular formula is C24H39N3O7. The molecular weight excluding hydrogens is 442 g/mol. The molecule has 0 bridgehead atoms. The lowest BCUT2D eigenvalue weighted by molar-refractivity contribution is -0.150. The summed E-state index contributed by atoms with van der Waals surface area (Å²) in [5.74, 6) is -1.91. The van der Waals surface area contributed by atoms with Crippen molar-refractivity contribution >= 4 is 23.9 Å². The van der Waals surface area contributed by atoms with Crippen molar-refractivity contribution in [1.82, 2.24) is 15.5 Å². The number of likely N-dealkylation sites (tertiary alicyclic amines) is 1. The average molecular weight is 482 g/mol. The molecule has 192 valence electrons. The SMILES string of the molecule is C=C[C@@H]1C[C@]1(NC(=O)[C@@H]1C[C@H](O)CN1C(=O)[C@@H](NC(=O)OC(C)(C)C)C(C)(C)C)C(=O)OCC. The lowest BCUT2D eigenvalue weighted by Crippen LogP contribution is -2.59. The van der Waals surface area contributed by atoms with E-state index in [0.29, 0.717) is 6.42 Å². The van der Waals surface area contributed by atoms with Gasteiger partial charge in [0.15, 0.2) is 0 Å². The van der Waals surface area contributed by atoms with Crippen molar-refractivity contribution < 1.29 is 33.8 Å². The van der Waals surface area contributed by atoms with E-state index in [1.807, 2.05) is 0 Å². The fourth-order valence-corrected chi connectivity index (χ4v) is 4.11. The highest BCUT2D eigenvalue weighted by atomic mass is 16.6. The Hall–Kier alpha value is -2.62. The number of esters is 1. The highest BCUT2D eigenvalue weighted by Gasteiger charge is 2.62. The minimum absolute atomic E-state index is 0.0124. The number of carbonyl (C=O) groups excluding carboxylic acids is 4. The number of hydrogen-bond acceptors (Lipinski definition) is 7. The predicted molar refractivity (Wildman–Crippen MR) is 125 cm³/mol. The summed E-state index contributed by atoms with van der Waals surface area (Å²) in [6, 6.07) is -2.02. The molecule has 10 heteroatoms. The van der Waals surface area contributed by atoms with Crippen LogP contribution in [-0.2, 0) is 23.9 Å². The second-order valence-electron chi connectivity index (χ2n) is 11.1. The van der Waals surface area contributed by atoms with Gasteiger partial charge in [0.2, 0.25) is 11.8 Å². The van der Waals surface area contributed by atoms with Crippen LogP contribution in [0.5, 0.6) is 0 Å². The smallest absolute Gasteiger partial charge is 0.408 e. The van der Waals surface area contributed by atoms with Crippen molar-refractivity contribution in [3.63, 3.8) is 0 Å². The van der Waals surface area contributed by atoms with Crippen molar-refractivity contribution in [2.24, 2.45) is 11.3 Å². The normalized spacial score (nSPS) is 27.4. The number of β-amino-alcohol motifs (C(OH)–C–C–N with tert-alkyl or cyclic N) is 1. The number of ether oxygens (including phenoxy) is 2. The van der Waals surface area contributed by atoms with Gasteiger partial charge in [-0.2, -0.15) is 0 Å². The van der Waals surface area contributed by atoms with Crippen LogP contribution in [0, 0.1) is 11.3 Å². The number of aliphatic hydroxyl groups is 1. The molecule has 1 aliphatic carbocycles. The first-order valence-electron chi connectivity index (χ1n) is 11.7. The van der Waals surface area contributed by atoms with E-state index in [9.17, 15) is 24.3 Å². The van der Waals surface area contributed by atoms with Crippen LogP contribution in [0.25, 0.3) is 0 Å².